The molecule has 0 saturated carbocycles. The third-order valence-electron chi connectivity index (χ3n) is 6.15. The first-order valence-electron chi connectivity index (χ1n) is 10.7. The predicted molar refractivity (Wildman–Crippen MR) is 130 cm³/mol. The van der Waals surface area contributed by atoms with E-state index in [1.54, 1.807) is 0 Å². The Labute approximate surface area is 190 Å². The van der Waals surface area contributed by atoms with Crippen LogP contribution in [-0.4, -0.2) is 0 Å². The number of benzene rings is 4. The first-order chi connectivity index (χ1) is 15.5. The molecule has 0 spiro atoms. The van der Waals surface area contributed by atoms with Crippen molar-refractivity contribution < 1.29 is 0 Å². The Morgan fingerprint density at radius 1 is 0.562 bits per heavy atom. The summed E-state index contributed by atoms with van der Waals surface area (Å²) >= 11 is 0. The van der Waals surface area contributed by atoms with Gasteiger partial charge in [0.2, 0.25) is 0 Å². The largest absolute Gasteiger partial charge is 0.192 e. The van der Waals surface area contributed by atoms with Crippen molar-refractivity contribution in [3.8, 4) is 34.4 Å². The van der Waals surface area contributed by atoms with Crippen molar-refractivity contribution in [1.82, 2.24) is 0 Å². The molecule has 0 saturated heterocycles. The standard InChI is InChI=1S/C30H24N2/c1-20-16-27(12-14-29(20)25-8-4-23(18-31)5-9-25)22(3)28-13-15-30(21(2)17-28)26-10-6-24(19-32)7-11-26/h4-17,22H,1-3H3. The van der Waals surface area contributed by atoms with Crippen LogP contribution in [0.1, 0.15) is 46.2 Å². The lowest BCUT2D eigenvalue weighted by atomic mass is 9.87. The first kappa shape index (κ1) is 21.1. The zero-order valence-electron chi connectivity index (χ0n) is 18.6. The Hall–Kier alpha value is -4.14. The van der Waals surface area contributed by atoms with Crippen LogP contribution in [0.5, 0.6) is 0 Å². The number of nitriles is 2. The van der Waals surface area contributed by atoms with E-state index in [0.29, 0.717) is 11.1 Å². The van der Waals surface area contributed by atoms with Crippen molar-refractivity contribution in [1.29, 1.82) is 10.5 Å². The Balaban J connectivity index is 1.60. The van der Waals surface area contributed by atoms with Gasteiger partial charge in [0.1, 0.15) is 0 Å². The molecular weight excluding hydrogens is 388 g/mol. The number of hydrogen-bond donors (Lipinski definition) is 0. The molecule has 0 aromatic heterocycles. The maximum atomic E-state index is 9.02. The van der Waals surface area contributed by atoms with Crippen LogP contribution in [0.2, 0.25) is 0 Å². The van der Waals surface area contributed by atoms with Crippen LogP contribution in [0.3, 0.4) is 0 Å². The Kier molecular flexibility index (Phi) is 5.89. The lowest BCUT2D eigenvalue weighted by Gasteiger charge is -2.17. The summed E-state index contributed by atoms with van der Waals surface area (Å²) in [5.41, 5.74) is 11.0. The van der Waals surface area contributed by atoms with Crippen LogP contribution < -0.4 is 0 Å². The second kappa shape index (κ2) is 8.93. The monoisotopic (exact) mass is 412 g/mol. The van der Waals surface area contributed by atoms with Gasteiger partial charge in [0.05, 0.1) is 23.3 Å². The molecule has 154 valence electrons. The molecule has 0 amide bonds. The normalized spacial score (nSPS) is 10.6. The second-order valence-corrected chi connectivity index (χ2v) is 8.25. The van der Waals surface area contributed by atoms with Gasteiger partial charge in [0, 0.05) is 5.92 Å². The van der Waals surface area contributed by atoms with Gasteiger partial charge in [-0.15, -0.1) is 0 Å². The molecule has 32 heavy (non-hydrogen) atoms. The molecule has 0 bridgehead atoms. The SMILES string of the molecule is Cc1cc(C(C)c2ccc(-c3ccc(C#N)cc3)c(C)c2)ccc1-c1ccc(C#N)cc1. The van der Waals surface area contributed by atoms with Gasteiger partial charge >= 0.3 is 0 Å². The average molecular weight is 413 g/mol. The highest BCUT2D eigenvalue weighted by atomic mass is 14.2. The Bertz CT molecular complexity index is 1240. The molecule has 0 atom stereocenters. The summed E-state index contributed by atoms with van der Waals surface area (Å²) in [4.78, 5) is 0. The molecule has 2 nitrogen and oxygen atoms in total. The fourth-order valence-corrected chi connectivity index (χ4v) is 4.20. The summed E-state index contributed by atoms with van der Waals surface area (Å²) in [5.74, 6) is 0.275. The lowest BCUT2D eigenvalue weighted by molar-refractivity contribution is 0.918. The summed E-state index contributed by atoms with van der Waals surface area (Å²) in [6.45, 7) is 6.53. The van der Waals surface area contributed by atoms with Crippen LogP contribution >= 0.6 is 0 Å². The van der Waals surface area contributed by atoms with Crippen molar-refractivity contribution in [2.24, 2.45) is 0 Å². The van der Waals surface area contributed by atoms with Gasteiger partial charge in [-0.05, 0) is 82.6 Å². The third-order valence-corrected chi connectivity index (χ3v) is 6.15. The van der Waals surface area contributed by atoms with Crippen molar-refractivity contribution in [2.75, 3.05) is 0 Å². The predicted octanol–water partition coefficient (Wildman–Crippen LogP) is 7.53. The van der Waals surface area contributed by atoms with Crippen molar-refractivity contribution in [3.05, 3.63) is 118 Å². The van der Waals surface area contributed by atoms with Crippen LogP contribution in [0.4, 0.5) is 0 Å². The highest BCUT2D eigenvalue weighted by Gasteiger charge is 2.13. The summed E-state index contributed by atoms with van der Waals surface area (Å²) in [7, 11) is 0. The zero-order valence-corrected chi connectivity index (χ0v) is 18.6. The molecule has 0 unspecified atom stereocenters. The molecule has 0 heterocycles. The zero-order chi connectivity index (χ0) is 22.7. The molecule has 0 N–H and O–H groups in total. The van der Waals surface area contributed by atoms with Gasteiger partial charge in [-0.3, -0.25) is 0 Å². The highest BCUT2D eigenvalue weighted by Crippen LogP contribution is 2.32. The minimum atomic E-state index is 0.275. The smallest absolute Gasteiger partial charge is 0.0991 e. The molecule has 0 aliphatic rings. The van der Waals surface area contributed by atoms with Crippen molar-refractivity contribution >= 4 is 0 Å². The van der Waals surface area contributed by atoms with Crippen molar-refractivity contribution in [2.45, 2.75) is 26.7 Å². The number of aryl methyl sites for hydroxylation is 2. The van der Waals surface area contributed by atoms with Gasteiger partial charge in [-0.1, -0.05) is 67.6 Å². The van der Waals surface area contributed by atoms with E-state index in [-0.39, 0.29) is 5.92 Å². The minimum Gasteiger partial charge on any atom is -0.192 e. The summed E-state index contributed by atoms with van der Waals surface area (Å²) in [6.07, 6.45) is 0. The molecule has 0 radical (unpaired) electrons. The fraction of sp³-hybridized carbons (Fsp3) is 0.133. The van der Waals surface area contributed by atoms with E-state index in [0.717, 1.165) is 11.1 Å². The maximum absolute atomic E-state index is 9.02. The quantitative estimate of drug-likeness (QED) is 0.348. The van der Waals surface area contributed by atoms with Crippen LogP contribution in [0.25, 0.3) is 22.3 Å². The number of hydrogen-bond acceptors (Lipinski definition) is 2. The maximum Gasteiger partial charge on any atom is 0.0991 e. The number of nitrogens with zero attached hydrogens (tertiary/aromatic N) is 2. The van der Waals surface area contributed by atoms with Crippen LogP contribution in [0.15, 0.2) is 84.9 Å². The topological polar surface area (TPSA) is 47.6 Å². The van der Waals surface area contributed by atoms with E-state index >= 15 is 0 Å². The van der Waals surface area contributed by atoms with E-state index in [4.69, 9.17) is 10.5 Å². The Morgan fingerprint density at radius 2 is 0.938 bits per heavy atom. The lowest BCUT2D eigenvalue weighted by Crippen LogP contribution is -1.99. The van der Waals surface area contributed by atoms with E-state index in [1.165, 1.54) is 33.4 Å². The van der Waals surface area contributed by atoms with Crippen LogP contribution in [-0.2, 0) is 0 Å². The Morgan fingerprint density at radius 3 is 1.25 bits per heavy atom. The summed E-state index contributed by atoms with van der Waals surface area (Å²) in [5, 5.41) is 18.0. The second-order valence-electron chi connectivity index (χ2n) is 8.25. The molecule has 0 aliphatic carbocycles. The van der Waals surface area contributed by atoms with Gasteiger partial charge in [0.15, 0.2) is 0 Å². The molecule has 4 rings (SSSR count). The van der Waals surface area contributed by atoms with E-state index in [2.05, 4.69) is 69.3 Å². The van der Waals surface area contributed by atoms with Gasteiger partial charge in [0.25, 0.3) is 0 Å². The highest BCUT2D eigenvalue weighted by molar-refractivity contribution is 5.70. The average Bonchev–Trinajstić information content (AvgIpc) is 2.83. The molecule has 0 aliphatic heterocycles. The first-order valence-corrected chi connectivity index (χ1v) is 10.7. The van der Waals surface area contributed by atoms with Gasteiger partial charge in [-0.2, -0.15) is 10.5 Å². The van der Waals surface area contributed by atoms with Crippen molar-refractivity contribution in [3.63, 3.8) is 0 Å². The van der Waals surface area contributed by atoms with Crippen LogP contribution in [0, 0.1) is 36.5 Å². The third kappa shape index (κ3) is 4.18. The van der Waals surface area contributed by atoms with E-state index in [1.807, 2.05) is 48.5 Å². The van der Waals surface area contributed by atoms with Gasteiger partial charge in [-0.25, -0.2) is 0 Å². The van der Waals surface area contributed by atoms with Gasteiger partial charge < -0.3 is 0 Å². The minimum absolute atomic E-state index is 0.275. The molecular formula is C30H24N2. The summed E-state index contributed by atoms with van der Waals surface area (Å²) in [6, 6.07) is 33.1. The fourth-order valence-electron chi connectivity index (χ4n) is 4.20. The molecule has 4 aromatic rings. The molecule has 2 heteroatoms. The van der Waals surface area contributed by atoms with E-state index in [9.17, 15) is 0 Å². The molecule has 0 fully saturated rings. The van der Waals surface area contributed by atoms with E-state index < -0.39 is 0 Å². The molecule has 4 aromatic carbocycles. The summed E-state index contributed by atoms with van der Waals surface area (Å²) < 4.78 is 0. The number of rotatable bonds is 4.